The highest BCUT2D eigenvalue weighted by Crippen LogP contribution is 2.34. The summed E-state index contributed by atoms with van der Waals surface area (Å²) in [5.74, 6) is 0.826. The highest BCUT2D eigenvalue weighted by Gasteiger charge is 2.07. The molecule has 0 aliphatic carbocycles. The Hall–Kier alpha value is -1.11. The number of halogens is 1. The Morgan fingerprint density at radius 3 is 2.89 bits per heavy atom. The van der Waals surface area contributed by atoms with Crippen LogP contribution in [-0.2, 0) is 4.74 Å². The molecule has 0 spiro atoms. The van der Waals surface area contributed by atoms with Crippen LogP contribution in [0.4, 0.5) is 5.13 Å². The standard InChI is InChI=1S/C13H15BrN2O2S/c1-17-6-5-15-13-16-8-12(19-13)9-3-4-11(18-2)10(14)7-9/h3-4,7-8H,5-6H2,1-2H3,(H,15,16). The average Bonchev–Trinajstić information content (AvgIpc) is 2.88. The first-order valence-corrected chi connectivity index (χ1v) is 7.38. The Bertz CT molecular complexity index is 545. The molecule has 0 radical (unpaired) electrons. The summed E-state index contributed by atoms with van der Waals surface area (Å²) < 4.78 is 11.2. The highest BCUT2D eigenvalue weighted by atomic mass is 79.9. The molecule has 19 heavy (non-hydrogen) atoms. The third-order valence-corrected chi connectivity index (χ3v) is 4.15. The molecule has 2 rings (SSSR count). The summed E-state index contributed by atoms with van der Waals surface area (Å²) >= 11 is 5.11. The van der Waals surface area contributed by atoms with Crippen molar-refractivity contribution in [3.63, 3.8) is 0 Å². The topological polar surface area (TPSA) is 43.4 Å². The van der Waals surface area contributed by atoms with Gasteiger partial charge in [0.25, 0.3) is 0 Å². The Kier molecular flexibility index (Phi) is 5.18. The lowest BCUT2D eigenvalue weighted by Crippen LogP contribution is -2.06. The molecule has 0 aliphatic heterocycles. The second-order valence-corrected chi connectivity index (χ2v) is 5.68. The lowest BCUT2D eigenvalue weighted by Gasteiger charge is -2.04. The molecule has 0 unspecified atom stereocenters. The molecule has 1 aromatic heterocycles. The van der Waals surface area contributed by atoms with Crippen LogP contribution in [0.2, 0.25) is 0 Å². The van der Waals surface area contributed by atoms with Crippen LogP contribution in [0.15, 0.2) is 28.9 Å². The molecule has 102 valence electrons. The van der Waals surface area contributed by atoms with E-state index in [-0.39, 0.29) is 0 Å². The second kappa shape index (κ2) is 6.88. The van der Waals surface area contributed by atoms with Crippen molar-refractivity contribution in [2.75, 3.05) is 32.7 Å². The number of hydrogen-bond donors (Lipinski definition) is 1. The first-order valence-electron chi connectivity index (χ1n) is 5.77. The lowest BCUT2D eigenvalue weighted by molar-refractivity contribution is 0.211. The summed E-state index contributed by atoms with van der Waals surface area (Å²) in [5.41, 5.74) is 1.12. The minimum absolute atomic E-state index is 0.670. The Morgan fingerprint density at radius 1 is 1.37 bits per heavy atom. The van der Waals surface area contributed by atoms with Crippen molar-refractivity contribution < 1.29 is 9.47 Å². The van der Waals surface area contributed by atoms with Gasteiger partial charge in [-0.1, -0.05) is 11.3 Å². The molecular formula is C13H15BrN2O2S. The number of benzene rings is 1. The number of rotatable bonds is 6. The third kappa shape index (κ3) is 3.68. The number of anilines is 1. The smallest absolute Gasteiger partial charge is 0.183 e. The molecule has 1 aromatic carbocycles. The van der Waals surface area contributed by atoms with Gasteiger partial charge in [0, 0.05) is 19.9 Å². The van der Waals surface area contributed by atoms with Crippen LogP contribution in [0.5, 0.6) is 5.75 Å². The van der Waals surface area contributed by atoms with E-state index >= 15 is 0 Å². The van der Waals surface area contributed by atoms with Gasteiger partial charge in [-0.2, -0.15) is 0 Å². The van der Waals surface area contributed by atoms with Gasteiger partial charge in [-0.25, -0.2) is 4.98 Å². The quantitative estimate of drug-likeness (QED) is 0.814. The molecule has 4 nitrogen and oxygen atoms in total. The Morgan fingerprint density at radius 2 is 2.21 bits per heavy atom. The highest BCUT2D eigenvalue weighted by molar-refractivity contribution is 9.10. The van der Waals surface area contributed by atoms with Gasteiger partial charge in [0.15, 0.2) is 5.13 Å². The minimum Gasteiger partial charge on any atom is -0.496 e. The number of hydrogen-bond acceptors (Lipinski definition) is 5. The molecule has 0 atom stereocenters. The fraction of sp³-hybridized carbons (Fsp3) is 0.308. The van der Waals surface area contributed by atoms with Crippen LogP contribution in [0.3, 0.4) is 0 Å². The molecule has 0 aliphatic rings. The van der Waals surface area contributed by atoms with E-state index in [0.29, 0.717) is 6.61 Å². The molecular weight excluding hydrogens is 328 g/mol. The van der Waals surface area contributed by atoms with Gasteiger partial charge in [-0.3, -0.25) is 0 Å². The zero-order valence-corrected chi connectivity index (χ0v) is 13.2. The number of aromatic nitrogens is 1. The molecule has 1 N–H and O–H groups in total. The first kappa shape index (κ1) is 14.3. The van der Waals surface area contributed by atoms with Gasteiger partial charge in [0.2, 0.25) is 0 Å². The van der Waals surface area contributed by atoms with E-state index in [4.69, 9.17) is 9.47 Å². The molecule has 0 saturated heterocycles. The van der Waals surface area contributed by atoms with Crippen molar-refractivity contribution in [1.82, 2.24) is 4.98 Å². The summed E-state index contributed by atoms with van der Waals surface area (Å²) in [6.45, 7) is 1.43. The van der Waals surface area contributed by atoms with Crippen LogP contribution in [0.1, 0.15) is 0 Å². The molecule has 0 bridgehead atoms. The number of thiazole rings is 1. The van der Waals surface area contributed by atoms with E-state index in [1.165, 1.54) is 0 Å². The van der Waals surface area contributed by atoms with Gasteiger partial charge in [0.1, 0.15) is 5.75 Å². The molecule has 6 heteroatoms. The van der Waals surface area contributed by atoms with Gasteiger partial charge in [-0.05, 0) is 39.7 Å². The molecule has 0 amide bonds. The number of ether oxygens (including phenoxy) is 2. The van der Waals surface area contributed by atoms with E-state index in [0.717, 1.165) is 32.3 Å². The van der Waals surface area contributed by atoms with E-state index in [9.17, 15) is 0 Å². The summed E-state index contributed by atoms with van der Waals surface area (Å²) in [6.07, 6.45) is 1.87. The predicted molar refractivity (Wildman–Crippen MR) is 82.2 cm³/mol. The van der Waals surface area contributed by atoms with Crippen molar-refractivity contribution >= 4 is 32.4 Å². The van der Waals surface area contributed by atoms with Gasteiger partial charge < -0.3 is 14.8 Å². The number of methoxy groups -OCH3 is 2. The van der Waals surface area contributed by atoms with Crippen molar-refractivity contribution in [3.05, 3.63) is 28.9 Å². The van der Waals surface area contributed by atoms with Crippen molar-refractivity contribution in [3.8, 4) is 16.2 Å². The molecule has 1 heterocycles. The van der Waals surface area contributed by atoms with Crippen LogP contribution in [0.25, 0.3) is 10.4 Å². The normalized spacial score (nSPS) is 10.5. The average molecular weight is 343 g/mol. The maximum atomic E-state index is 5.22. The number of nitrogens with zero attached hydrogens (tertiary/aromatic N) is 1. The second-order valence-electron chi connectivity index (χ2n) is 3.80. The predicted octanol–water partition coefficient (Wildman–Crippen LogP) is 3.64. The lowest BCUT2D eigenvalue weighted by atomic mass is 10.2. The van der Waals surface area contributed by atoms with Crippen molar-refractivity contribution in [2.45, 2.75) is 0 Å². The van der Waals surface area contributed by atoms with E-state index in [1.54, 1.807) is 25.6 Å². The SMILES string of the molecule is COCCNc1ncc(-c2ccc(OC)c(Br)c2)s1. The van der Waals surface area contributed by atoms with Crippen LogP contribution in [0, 0.1) is 0 Å². The fourth-order valence-electron chi connectivity index (χ4n) is 1.57. The van der Waals surface area contributed by atoms with Gasteiger partial charge in [0.05, 0.1) is 23.1 Å². The molecule has 2 aromatic rings. The van der Waals surface area contributed by atoms with E-state index in [1.807, 2.05) is 24.4 Å². The minimum atomic E-state index is 0.670. The maximum Gasteiger partial charge on any atom is 0.183 e. The third-order valence-electron chi connectivity index (χ3n) is 2.52. The number of nitrogens with one attached hydrogen (secondary N) is 1. The fourth-order valence-corrected chi connectivity index (χ4v) is 2.95. The largest absolute Gasteiger partial charge is 0.496 e. The zero-order chi connectivity index (χ0) is 13.7. The van der Waals surface area contributed by atoms with Crippen molar-refractivity contribution in [2.24, 2.45) is 0 Å². The maximum absolute atomic E-state index is 5.22. The van der Waals surface area contributed by atoms with Crippen molar-refractivity contribution in [1.29, 1.82) is 0 Å². The van der Waals surface area contributed by atoms with Gasteiger partial charge in [-0.15, -0.1) is 0 Å². The monoisotopic (exact) mass is 342 g/mol. The van der Waals surface area contributed by atoms with Crippen LogP contribution < -0.4 is 10.1 Å². The van der Waals surface area contributed by atoms with E-state index in [2.05, 4.69) is 26.2 Å². The molecule has 0 saturated carbocycles. The summed E-state index contributed by atoms with van der Waals surface area (Å²) in [5, 5.41) is 4.12. The first-order chi connectivity index (χ1) is 9.24. The van der Waals surface area contributed by atoms with Gasteiger partial charge >= 0.3 is 0 Å². The Labute approximate surface area is 124 Å². The Balaban J connectivity index is 2.11. The van der Waals surface area contributed by atoms with E-state index < -0.39 is 0 Å². The van der Waals surface area contributed by atoms with Crippen LogP contribution >= 0.6 is 27.3 Å². The molecule has 0 fully saturated rings. The van der Waals surface area contributed by atoms with Crippen LogP contribution in [-0.4, -0.2) is 32.4 Å². The summed E-state index contributed by atoms with van der Waals surface area (Å²) in [4.78, 5) is 5.46. The summed E-state index contributed by atoms with van der Waals surface area (Å²) in [6, 6.07) is 6.00. The summed E-state index contributed by atoms with van der Waals surface area (Å²) in [7, 11) is 3.34. The zero-order valence-electron chi connectivity index (χ0n) is 10.8.